The summed E-state index contributed by atoms with van der Waals surface area (Å²) in [6.07, 6.45) is 1.75. The number of ether oxygens (including phenoxy) is 1. The lowest BCUT2D eigenvalue weighted by Crippen LogP contribution is -2.47. The Morgan fingerprint density at radius 3 is 2.33 bits per heavy atom. The van der Waals surface area contributed by atoms with Crippen LogP contribution >= 0.6 is 12.8 Å². The third kappa shape index (κ3) is 5.95. The van der Waals surface area contributed by atoms with Crippen molar-refractivity contribution in [1.82, 2.24) is 14.2 Å². The van der Waals surface area contributed by atoms with Crippen LogP contribution < -0.4 is 25.4 Å². The van der Waals surface area contributed by atoms with E-state index in [2.05, 4.69) is 18.1 Å². The van der Waals surface area contributed by atoms with Crippen LogP contribution in [0.5, 0.6) is 0 Å². The van der Waals surface area contributed by atoms with Gasteiger partial charge in [0.05, 0.1) is 35.7 Å². The summed E-state index contributed by atoms with van der Waals surface area (Å²) in [5.74, 6) is -2.51. The summed E-state index contributed by atoms with van der Waals surface area (Å²) in [7, 11) is 0. The Kier molecular flexibility index (Phi) is 8.20. The number of hydrogen-bond acceptors (Lipinski definition) is 8. The second kappa shape index (κ2) is 12.1. The van der Waals surface area contributed by atoms with E-state index in [1.165, 1.54) is 17.2 Å². The first-order valence-corrected chi connectivity index (χ1v) is 15.1. The molecule has 1 aromatic heterocycles. The average Bonchev–Trinajstić information content (AvgIpc) is 3.79. The molecule has 2 aromatic carbocycles. The lowest BCUT2D eigenvalue weighted by atomic mass is 10.1. The summed E-state index contributed by atoms with van der Waals surface area (Å²) < 4.78 is 39.0. The predicted molar refractivity (Wildman–Crippen MR) is 167 cm³/mol. The van der Waals surface area contributed by atoms with Crippen LogP contribution in [-0.2, 0) is 4.74 Å². The third-order valence-corrected chi connectivity index (χ3v) is 8.63. The molecule has 238 valence electrons. The molecule has 45 heavy (non-hydrogen) atoms. The molecule has 3 aromatic rings. The van der Waals surface area contributed by atoms with Gasteiger partial charge in [-0.25, -0.2) is 23.2 Å². The highest BCUT2D eigenvalue weighted by Crippen LogP contribution is 2.38. The quantitative estimate of drug-likeness (QED) is 0.317. The molecule has 1 atom stereocenters. The Labute approximate surface area is 262 Å². The zero-order valence-electron chi connectivity index (χ0n) is 24.4. The second-order valence-corrected chi connectivity index (χ2v) is 11.8. The van der Waals surface area contributed by atoms with Gasteiger partial charge in [-0.1, -0.05) is 12.8 Å². The van der Waals surface area contributed by atoms with Crippen LogP contribution in [0.2, 0.25) is 0 Å². The van der Waals surface area contributed by atoms with Crippen molar-refractivity contribution in [3.05, 3.63) is 63.9 Å². The molecule has 2 saturated heterocycles. The van der Waals surface area contributed by atoms with Gasteiger partial charge in [-0.05, 0) is 50.1 Å². The largest absolute Gasteiger partial charge is 0.477 e. The Balaban J connectivity index is 1.14. The number of fused-ring (bicyclic) bond motifs is 1. The fraction of sp³-hybridized carbons (Fsp3) is 0.400. The van der Waals surface area contributed by atoms with Gasteiger partial charge in [0, 0.05) is 50.3 Å². The standard InChI is InChI=1S/C30H32F2N6O6S/c1-2-33-29(42)38(45)15-19-14-37(30(43)44-19)18-5-6-24(22(31)11-18)34-7-9-35(10-8-34)26-13-25-20(12-23(26)32)27(39)21(28(40)41)16-36(25)17-3-4-17/h5-6,11-13,16-17,19,45H,2-4,7-10,14-15H2,1H3,(H,33,42)(H,40,41)/t19-/m0/s1. The molecular weight excluding hydrogens is 610 g/mol. The number of carbonyl (C=O) groups excluding carboxylic acids is 2. The zero-order chi connectivity index (χ0) is 32.0. The van der Waals surface area contributed by atoms with E-state index in [4.69, 9.17) is 4.74 Å². The SMILES string of the molecule is CCNC(=O)N(S)C[C@@H]1CN(c2ccc(N3CCN(c4cc5c(cc4F)c(=O)c(C(=O)O)cn5C4CC4)CC3)c(F)c2)C(=O)O1. The molecule has 3 amide bonds. The molecule has 3 fully saturated rings. The first kappa shape index (κ1) is 30.5. The minimum atomic E-state index is -1.35. The number of carboxylic acid groups (broad SMARTS) is 1. The van der Waals surface area contributed by atoms with E-state index in [0.717, 1.165) is 23.2 Å². The van der Waals surface area contributed by atoms with Crippen molar-refractivity contribution < 1.29 is 33.0 Å². The topological polar surface area (TPSA) is 128 Å². The highest BCUT2D eigenvalue weighted by atomic mass is 32.1. The number of amides is 3. The van der Waals surface area contributed by atoms with Crippen molar-refractivity contribution in [3.8, 4) is 0 Å². The zero-order valence-corrected chi connectivity index (χ0v) is 25.3. The number of aromatic carboxylic acids is 1. The maximum absolute atomic E-state index is 15.4. The maximum atomic E-state index is 15.4. The number of thiol groups is 1. The summed E-state index contributed by atoms with van der Waals surface area (Å²) in [4.78, 5) is 53.8. The van der Waals surface area contributed by atoms with Gasteiger partial charge < -0.3 is 29.5 Å². The number of benzene rings is 2. The highest BCUT2D eigenvalue weighted by molar-refractivity contribution is 7.78. The maximum Gasteiger partial charge on any atom is 0.414 e. The first-order valence-electron chi connectivity index (χ1n) is 14.7. The highest BCUT2D eigenvalue weighted by Gasteiger charge is 2.35. The van der Waals surface area contributed by atoms with Gasteiger partial charge in [0.2, 0.25) is 5.43 Å². The molecule has 0 unspecified atom stereocenters. The molecule has 2 aliphatic heterocycles. The predicted octanol–water partition coefficient (Wildman–Crippen LogP) is 3.84. The summed E-state index contributed by atoms with van der Waals surface area (Å²) in [5.41, 5.74) is 0.334. The number of nitrogens with zero attached hydrogens (tertiary/aromatic N) is 5. The molecule has 1 saturated carbocycles. The van der Waals surface area contributed by atoms with Crippen molar-refractivity contribution >= 4 is 58.9 Å². The van der Waals surface area contributed by atoms with Gasteiger partial charge in [-0.15, -0.1) is 0 Å². The number of halogens is 2. The van der Waals surface area contributed by atoms with Gasteiger partial charge in [-0.3, -0.25) is 14.0 Å². The molecule has 0 radical (unpaired) electrons. The third-order valence-electron chi connectivity index (χ3n) is 8.29. The Bertz CT molecular complexity index is 1740. The number of nitrogens with one attached hydrogen (secondary N) is 1. The summed E-state index contributed by atoms with van der Waals surface area (Å²) >= 11 is 4.14. The van der Waals surface area contributed by atoms with Gasteiger partial charge in [-0.2, -0.15) is 0 Å². The number of piperazine rings is 1. The van der Waals surface area contributed by atoms with Gasteiger partial charge >= 0.3 is 18.1 Å². The van der Waals surface area contributed by atoms with E-state index in [1.807, 2.05) is 9.80 Å². The number of hydrogen-bond donors (Lipinski definition) is 3. The van der Waals surface area contributed by atoms with Gasteiger partial charge in [0.25, 0.3) is 0 Å². The van der Waals surface area contributed by atoms with Crippen LogP contribution in [0, 0.1) is 11.6 Å². The van der Waals surface area contributed by atoms with Gasteiger partial charge in [0.1, 0.15) is 23.3 Å². The molecule has 0 spiro atoms. The van der Waals surface area contributed by atoms with Crippen molar-refractivity contribution in [3.63, 3.8) is 0 Å². The van der Waals surface area contributed by atoms with E-state index in [-0.39, 0.29) is 30.1 Å². The summed E-state index contributed by atoms with van der Waals surface area (Å²) in [6, 6.07) is 6.84. The minimum absolute atomic E-state index is 0.0296. The molecule has 1 aliphatic carbocycles. The Morgan fingerprint density at radius 1 is 1.04 bits per heavy atom. The van der Waals surface area contributed by atoms with Crippen LogP contribution in [0.1, 0.15) is 36.2 Å². The monoisotopic (exact) mass is 642 g/mol. The first-order chi connectivity index (χ1) is 21.5. The van der Waals surface area contributed by atoms with Crippen molar-refractivity contribution in [2.24, 2.45) is 0 Å². The summed E-state index contributed by atoms with van der Waals surface area (Å²) in [6.45, 7) is 3.88. The van der Waals surface area contributed by atoms with Crippen LogP contribution in [0.3, 0.4) is 0 Å². The second-order valence-electron chi connectivity index (χ2n) is 11.3. The number of cyclic esters (lactones) is 1. The molecule has 6 rings (SSSR count). The lowest BCUT2D eigenvalue weighted by Gasteiger charge is -2.37. The Hall–Kier alpha value is -4.53. The molecule has 15 heteroatoms. The number of carbonyl (C=O) groups is 3. The van der Waals surface area contributed by atoms with E-state index >= 15 is 8.78 Å². The molecule has 3 aliphatic rings. The number of urea groups is 1. The molecule has 0 bridgehead atoms. The van der Waals surface area contributed by atoms with Gasteiger partial charge in [0.15, 0.2) is 0 Å². The Morgan fingerprint density at radius 2 is 1.71 bits per heavy atom. The lowest BCUT2D eigenvalue weighted by molar-refractivity contribution is 0.0694. The number of anilines is 3. The van der Waals surface area contributed by atoms with E-state index < -0.39 is 41.3 Å². The van der Waals surface area contributed by atoms with Crippen LogP contribution in [0.25, 0.3) is 10.9 Å². The van der Waals surface area contributed by atoms with Crippen LogP contribution in [0.4, 0.5) is 35.4 Å². The van der Waals surface area contributed by atoms with Crippen molar-refractivity contribution in [1.29, 1.82) is 0 Å². The fourth-order valence-electron chi connectivity index (χ4n) is 5.86. The van der Waals surface area contributed by atoms with Crippen molar-refractivity contribution in [2.45, 2.75) is 31.9 Å². The normalized spacial score (nSPS) is 18.4. The number of pyridine rings is 1. The van der Waals surface area contributed by atoms with E-state index in [1.54, 1.807) is 29.7 Å². The molecule has 3 heterocycles. The fourth-order valence-corrected chi connectivity index (χ4v) is 6.12. The van der Waals surface area contributed by atoms with E-state index in [9.17, 15) is 24.3 Å². The minimum Gasteiger partial charge on any atom is -0.477 e. The number of aromatic nitrogens is 1. The van der Waals surface area contributed by atoms with E-state index in [0.29, 0.717) is 55.3 Å². The smallest absolute Gasteiger partial charge is 0.414 e. The average molecular weight is 643 g/mol. The molecule has 2 N–H and O–H groups in total. The molecule has 12 nitrogen and oxygen atoms in total. The van der Waals surface area contributed by atoms with Crippen LogP contribution in [-0.4, -0.2) is 84.0 Å². The summed E-state index contributed by atoms with van der Waals surface area (Å²) in [5, 5.41) is 12.1. The van der Waals surface area contributed by atoms with Crippen LogP contribution in [0.15, 0.2) is 41.3 Å². The molecular formula is C30H32F2N6O6S. The van der Waals surface area contributed by atoms with Crippen molar-refractivity contribution in [2.75, 3.05) is 60.5 Å². The number of carboxylic acids is 1. The number of rotatable bonds is 8.